The molecule has 2 heteroatoms. The molecule has 1 saturated heterocycles. The van der Waals surface area contributed by atoms with Crippen molar-refractivity contribution in [2.24, 2.45) is 11.3 Å². The Morgan fingerprint density at radius 3 is 2.65 bits per heavy atom. The Balaban J connectivity index is 2.12. The predicted molar refractivity (Wildman–Crippen MR) is 74.2 cm³/mol. The van der Waals surface area contributed by atoms with Crippen LogP contribution in [0.1, 0.15) is 53.4 Å². The number of nitrogens with zero attached hydrogens (tertiary/aromatic N) is 1. The van der Waals surface area contributed by atoms with Crippen LogP contribution >= 0.6 is 0 Å². The molecule has 0 aromatic rings. The molecular weight excluding hydrogens is 208 g/mol. The van der Waals surface area contributed by atoms with E-state index in [-0.39, 0.29) is 0 Å². The van der Waals surface area contributed by atoms with E-state index in [1.807, 2.05) is 0 Å². The van der Waals surface area contributed by atoms with E-state index in [1.54, 1.807) is 0 Å². The Labute approximate surface area is 107 Å². The van der Waals surface area contributed by atoms with Crippen molar-refractivity contribution in [1.82, 2.24) is 10.2 Å². The molecule has 0 amide bonds. The molecule has 17 heavy (non-hydrogen) atoms. The van der Waals surface area contributed by atoms with Crippen molar-refractivity contribution in [2.45, 2.75) is 65.5 Å². The summed E-state index contributed by atoms with van der Waals surface area (Å²) in [5, 5.41) is 3.57. The summed E-state index contributed by atoms with van der Waals surface area (Å²) in [4.78, 5) is 2.83. The van der Waals surface area contributed by atoms with E-state index in [0.717, 1.165) is 18.0 Å². The van der Waals surface area contributed by atoms with E-state index >= 15 is 0 Å². The summed E-state index contributed by atoms with van der Waals surface area (Å²) in [5.74, 6) is 0.764. The average molecular weight is 238 g/mol. The molecule has 1 heterocycles. The van der Waals surface area contributed by atoms with Crippen LogP contribution in [0.4, 0.5) is 0 Å². The normalized spacial score (nSPS) is 35.1. The maximum Gasteiger partial charge on any atom is 0.0247 e. The summed E-state index contributed by atoms with van der Waals surface area (Å²) in [5.41, 5.74) is 0.517. The fourth-order valence-electron chi connectivity index (χ4n) is 3.84. The zero-order valence-electron chi connectivity index (χ0n) is 12.1. The third-order valence-corrected chi connectivity index (χ3v) is 4.95. The number of hydrogen-bond donors (Lipinski definition) is 1. The van der Waals surface area contributed by atoms with Crippen molar-refractivity contribution in [3.8, 4) is 0 Å². The molecule has 1 saturated carbocycles. The molecule has 2 unspecified atom stereocenters. The molecule has 0 aromatic heterocycles. The van der Waals surface area contributed by atoms with Gasteiger partial charge in [0.2, 0.25) is 0 Å². The Bertz CT molecular complexity index is 247. The Morgan fingerprint density at radius 1 is 1.24 bits per heavy atom. The lowest BCUT2D eigenvalue weighted by molar-refractivity contribution is -0.00771. The lowest BCUT2D eigenvalue weighted by Crippen LogP contribution is -2.60. The first kappa shape index (κ1) is 13.4. The molecule has 2 aliphatic rings. The highest BCUT2D eigenvalue weighted by Crippen LogP contribution is 2.40. The minimum absolute atomic E-state index is 0.517. The van der Waals surface area contributed by atoms with Crippen LogP contribution in [0.5, 0.6) is 0 Å². The SMILES string of the molecule is CC(C)C1CNCCN1C1CCCCC1(C)C. The maximum atomic E-state index is 3.57. The summed E-state index contributed by atoms with van der Waals surface area (Å²) in [7, 11) is 0. The van der Waals surface area contributed by atoms with Crippen LogP contribution in [0.15, 0.2) is 0 Å². The summed E-state index contributed by atoms with van der Waals surface area (Å²) >= 11 is 0. The Kier molecular flexibility index (Phi) is 4.14. The van der Waals surface area contributed by atoms with Gasteiger partial charge < -0.3 is 5.32 Å². The fraction of sp³-hybridized carbons (Fsp3) is 1.00. The monoisotopic (exact) mass is 238 g/mol. The molecule has 0 bridgehead atoms. The zero-order valence-corrected chi connectivity index (χ0v) is 12.1. The molecule has 0 spiro atoms. The molecule has 2 fully saturated rings. The first-order chi connectivity index (χ1) is 8.02. The van der Waals surface area contributed by atoms with Crippen molar-refractivity contribution in [3.05, 3.63) is 0 Å². The van der Waals surface area contributed by atoms with Crippen molar-refractivity contribution in [1.29, 1.82) is 0 Å². The first-order valence-electron chi connectivity index (χ1n) is 7.49. The highest BCUT2D eigenvalue weighted by molar-refractivity contribution is 4.95. The molecule has 2 rings (SSSR count). The number of rotatable bonds is 2. The molecule has 1 N–H and O–H groups in total. The number of piperazine rings is 1. The quantitative estimate of drug-likeness (QED) is 0.796. The molecule has 1 aliphatic heterocycles. The van der Waals surface area contributed by atoms with Crippen LogP contribution in [0.2, 0.25) is 0 Å². The van der Waals surface area contributed by atoms with Crippen molar-refractivity contribution in [3.63, 3.8) is 0 Å². The zero-order chi connectivity index (χ0) is 12.5. The van der Waals surface area contributed by atoms with Crippen molar-refractivity contribution in [2.75, 3.05) is 19.6 Å². The smallest absolute Gasteiger partial charge is 0.0247 e. The van der Waals surface area contributed by atoms with Gasteiger partial charge in [-0.05, 0) is 24.2 Å². The molecule has 0 radical (unpaired) electrons. The number of nitrogens with one attached hydrogen (secondary N) is 1. The van der Waals surface area contributed by atoms with Gasteiger partial charge in [-0.15, -0.1) is 0 Å². The average Bonchev–Trinajstić information content (AvgIpc) is 2.28. The standard InChI is InChI=1S/C15H30N2/c1-12(2)13-11-16-9-10-17(13)14-7-5-6-8-15(14,3)4/h12-14,16H,5-11H2,1-4H3. The lowest BCUT2D eigenvalue weighted by atomic mass is 9.71. The predicted octanol–water partition coefficient (Wildman–Crippen LogP) is 2.89. The minimum atomic E-state index is 0.517. The van der Waals surface area contributed by atoms with Gasteiger partial charge >= 0.3 is 0 Å². The molecular formula is C15H30N2. The van der Waals surface area contributed by atoms with Gasteiger partial charge in [-0.2, -0.15) is 0 Å². The Morgan fingerprint density at radius 2 is 2.00 bits per heavy atom. The van der Waals surface area contributed by atoms with Gasteiger partial charge in [-0.1, -0.05) is 40.5 Å². The first-order valence-corrected chi connectivity index (χ1v) is 7.49. The third-order valence-electron chi connectivity index (χ3n) is 4.95. The summed E-state index contributed by atoms with van der Waals surface area (Å²) < 4.78 is 0. The van der Waals surface area contributed by atoms with Gasteiger partial charge in [0.15, 0.2) is 0 Å². The summed E-state index contributed by atoms with van der Waals surface area (Å²) in [6, 6.07) is 1.55. The molecule has 100 valence electrons. The van der Waals surface area contributed by atoms with Crippen LogP contribution < -0.4 is 5.32 Å². The summed E-state index contributed by atoms with van der Waals surface area (Å²) in [6.45, 7) is 13.3. The van der Waals surface area contributed by atoms with Crippen LogP contribution in [0.25, 0.3) is 0 Å². The van der Waals surface area contributed by atoms with Gasteiger partial charge in [0.05, 0.1) is 0 Å². The third kappa shape index (κ3) is 2.85. The second-order valence-corrected chi connectivity index (χ2v) is 7.00. The minimum Gasteiger partial charge on any atom is -0.314 e. The van der Waals surface area contributed by atoms with E-state index in [4.69, 9.17) is 0 Å². The van der Waals surface area contributed by atoms with E-state index in [1.165, 1.54) is 45.3 Å². The highest BCUT2D eigenvalue weighted by Gasteiger charge is 2.40. The van der Waals surface area contributed by atoms with Gasteiger partial charge in [-0.25, -0.2) is 0 Å². The van der Waals surface area contributed by atoms with Crippen LogP contribution in [-0.2, 0) is 0 Å². The van der Waals surface area contributed by atoms with Crippen LogP contribution in [0.3, 0.4) is 0 Å². The van der Waals surface area contributed by atoms with Gasteiger partial charge in [0.1, 0.15) is 0 Å². The van der Waals surface area contributed by atoms with E-state index < -0.39 is 0 Å². The van der Waals surface area contributed by atoms with E-state index in [9.17, 15) is 0 Å². The van der Waals surface area contributed by atoms with E-state index in [0.29, 0.717) is 5.41 Å². The molecule has 0 aromatic carbocycles. The fourth-order valence-corrected chi connectivity index (χ4v) is 3.84. The summed E-state index contributed by atoms with van der Waals surface area (Å²) in [6.07, 6.45) is 5.69. The van der Waals surface area contributed by atoms with Gasteiger partial charge in [-0.3, -0.25) is 4.90 Å². The second kappa shape index (κ2) is 5.27. The Hall–Kier alpha value is -0.0800. The lowest BCUT2D eigenvalue weighted by Gasteiger charge is -2.51. The maximum absolute atomic E-state index is 3.57. The van der Waals surface area contributed by atoms with Crippen molar-refractivity contribution < 1.29 is 0 Å². The topological polar surface area (TPSA) is 15.3 Å². The highest BCUT2D eigenvalue weighted by atomic mass is 15.3. The van der Waals surface area contributed by atoms with Gasteiger partial charge in [0.25, 0.3) is 0 Å². The molecule has 1 aliphatic carbocycles. The molecule has 2 nitrogen and oxygen atoms in total. The molecule has 2 atom stereocenters. The van der Waals surface area contributed by atoms with Crippen molar-refractivity contribution >= 4 is 0 Å². The number of hydrogen-bond acceptors (Lipinski definition) is 2. The second-order valence-electron chi connectivity index (χ2n) is 7.00. The van der Waals surface area contributed by atoms with E-state index in [2.05, 4.69) is 37.9 Å². The van der Waals surface area contributed by atoms with Gasteiger partial charge in [0, 0.05) is 31.7 Å². The van der Waals surface area contributed by atoms with Crippen LogP contribution in [-0.4, -0.2) is 36.6 Å². The van der Waals surface area contributed by atoms with Crippen LogP contribution in [0, 0.1) is 11.3 Å². The largest absolute Gasteiger partial charge is 0.314 e.